The zero-order valence-corrected chi connectivity index (χ0v) is 11.2. The smallest absolute Gasteiger partial charge is 0.226 e. The fraction of sp³-hybridized carbons (Fsp3) is 0.929. The number of carbonyl (C=O) groups is 1. The molecule has 2 N–H and O–H groups in total. The lowest BCUT2D eigenvalue weighted by Crippen LogP contribution is -2.49. The highest BCUT2D eigenvalue weighted by atomic mass is 16.2. The number of rotatable bonds is 3. The van der Waals surface area contributed by atoms with Crippen molar-refractivity contribution in [1.82, 2.24) is 10.6 Å². The summed E-state index contributed by atoms with van der Waals surface area (Å²) in [5.41, 5.74) is -0.141. The molecule has 17 heavy (non-hydrogen) atoms. The van der Waals surface area contributed by atoms with E-state index in [0.29, 0.717) is 12.0 Å². The van der Waals surface area contributed by atoms with Gasteiger partial charge < -0.3 is 10.6 Å². The van der Waals surface area contributed by atoms with Crippen molar-refractivity contribution in [2.24, 2.45) is 11.3 Å². The van der Waals surface area contributed by atoms with Gasteiger partial charge in [0, 0.05) is 11.5 Å². The third-order valence-corrected chi connectivity index (χ3v) is 4.72. The molecular weight excluding hydrogens is 212 g/mol. The van der Waals surface area contributed by atoms with Crippen LogP contribution < -0.4 is 10.6 Å². The second kappa shape index (κ2) is 5.38. The summed E-state index contributed by atoms with van der Waals surface area (Å²) in [6, 6.07) is 0.358. The van der Waals surface area contributed by atoms with Crippen molar-refractivity contribution < 1.29 is 4.79 Å². The first kappa shape index (κ1) is 12.9. The van der Waals surface area contributed by atoms with Crippen molar-refractivity contribution in [3.8, 4) is 0 Å². The zero-order valence-electron chi connectivity index (χ0n) is 11.2. The average molecular weight is 238 g/mol. The summed E-state index contributed by atoms with van der Waals surface area (Å²) < 4.78 is 0. The number of piperidine rings is 1. The van der Waals surface area contributed by atoms with Crippen LogP contribution in [-0.2, 0) is 4.79 Å². The topological polar surface area (TPSA) is 41.1 Å². The summed E-state index contributed by atoms with van der Waals surface area (Å²) in [5, 5.41) is 6.59. The molecule has 1 heterocycles. The first-order valence-corrected chi connectivity index (χ1v) is 7.13. The van der Waals surface area contributed by atoms with E-state index in [1.165, 1.54) is 25.7 Å². The summed E-state index contributed by atoms with van der Waals surface area (Å²) in [6.07, 6.45) is 7.20. The Balaban J connectivity index is 1.86. The molecule has 2 aliphatic rings. The van der Waals surface area contributed by atoms with Gasteiger partial charge in [-0.2, -0.15) is 0 Å². The maximum atomic E-state index is 12.3. The highest BCUT2D eigenvalue weighted by Gasteiger charge is 2.36. The lowest BCUT2D eigenvalue weighted by molar-refractivity contribution is -0.132. The summed E-state index contributed by atoms with van der Waals surface area (Å²) in [5.74, 6) is 0.989. The van der Waals surface area contributed by atoms with Crippen molar-refractivity contribution in [3.63, 3.8) is 0 Å². The van der Waals surface area contributed by atoms with Gasteiger partial charge in [0.2, 0.25) is 5.91 Å². The van der Waals surface area contributed by atoms with Gasteiger partial charge in [0.05, 0.1) is 0 Å². The summed E-state index contributed by atoms with van der Waals surface area (Å²) in [7, 11) is 0. The summed E-state index contributed by atoms with van der Waals surface area (Å²) in [4.78, 5) is 12.3. The van der Waals surface area contributed by atoms with E-state index < -0.39 is 0 Å². The lowest BCUT2D eigenvalue weighted by atomic mass is 9.79. The number of amides is 1. The van der Waals surface area contributed by atoms with Crippen molar-refractivity contribution in [2.45, 2.75) is 58.4 Å². The third kappa shape index (κ3) is 3.01. The van der Waals surface area contributed by atoms with Gasteiger partial charge in [-0.1, -0.05) is 19.8 Å². The summed E-state index contributed by atoms with van der Waals surface area (Å²) in [6.45, 7) is 6.24. The molecular formula is C14H26N2O. The molecule has 0 aromatic rings. The normalized spacial score (nSPS) is 26.7. The van der Waals surface area contributed by atoms with Crippen LogP contribution in [0.5, 0.6) is 0 Å². The van der Waals surface area contributed by atoms with Gasteiger partial charge in [0.1, 0.15) is 0 Å². The molecule has 3 heteroatoms. The van der Waals surface area contributed by atoms with Crippen LogP contribution >= 0.6 is 0 Å². The number of hydrogen-bond acceptors (Lipinski definition) is 2. The van der Waals surface area contributed by atoms with E-state index in [-0.39, 0.29) is 11.3 Å². The van der Waals surface area contributed by atoms with E-state index in [9.17, 15) is 4.79 Å². The molecule has 2 rings (SSSR count). The largest absolute Gasteiger partial charge is 0.353 e. The molecule has 1 atom stereocenters. The second-order valence-electron chi connectivity index (χ2n) is 6.12. The van der Waals surface area contributed by atoms with Crippen LogP contribution in [0.4, 0.5) is 0 Å². The maximum Gasteiger partial charge on any atom is 0.226 e. The predicted molar refractivity (Wildman–Crippen MR) is 69.8 cm³/mol. The molecule has 1 saturated heterocycles. The number of hydrogen-bond donors (Lipinski definition) is 2. The molecule has 0 aromatic carbocycles. The van der Waals surface area contributed by atoms with Gasteiger partial charge in [0.25, 0.3) is 0 Å². The van der Waals surface area contributed by atoms with Crippen LogP contribution in [0.15, 0.2) is 0 Å². The van der Waals surface area contributed by atoms with Crippen LogP contribution in [0.1, 0.15) is 52.4 Å². The van der Waals surface area contributed by atoms with Crippen LogP contribution in [0, 0.1) is 11.3 Å². The van der Waals surface area contributed by atoms with Gasteiger partial charge in [-0.15, -0.1) is 0 Å². The Labute approximate surface area is 105 Å². The van der Waals surface area contributed by atoms with Crippen LogP contribution in [-0.4, -0.2) is 25.0 Å². The fourth-order valence-electron chi connectivity index (χ4n) is 3.16. The van der Waals surface area contributed by atoms with E-state index in [0.717, 1.165) is 25.9 Å². The SMILES string of the molecule is C[C@H](NC(=O)C1(C)CCNCC1)C1CCCC1. The zero-order chi connectivity index (χ0) is 12.3. The Morgan fingerprint density at radius 2 is 1.88 bits per heavy atom. The van der Waals surface area contributed by atoms with Crippen LogP contribution in [0.2, 0.25) is 0 Å². The number of carbonyl (C=O) groups excluding carboxylic acids is 1. The van der Waals surface area contributed by atoms with Gasteiger partial charge in [-0.05, 0) is 51.6 Å². The Hall–Kier alpha value is -0.570. The first-order valence-electron chi connectivity index (χ1n) is 7.13. The molecule has 0 bridgehead atoms. The van der Waals surface area contributed by atoms with E-state index in [1.807, 2.05) is 0 Å². The quantitative estimate of drug-likeness (QED) is 0.790. The molecule has 1 amide bonds. The van der Waals surface area contributed by atoms with Crippen molar-refractivity contribution in [1.29, 1.82) is 0 Å². The molecule has 0 unspecified atom stereocenters. The van der Waals surface area contributed by atoms with Crippen molar-refractivity contribution >= 4 is 5.91 Å². The molecule has 1 aliphatic heterocycles. The van der Waals surface area contributed by atoms with E-state index in [4.69, 9.17) is 0 Å². The van der Waals surface area contributed by atoms with E-state index in [2.05, 4.69) is 24.5 Å². The molecule has 0 radical (unpaired) electrons. The van der Waals surface area contributed by atoms with Crippen molar-refractivity contribution in [3.05, 3.63) is 0 Å². The molecule has 3 nitrogen and oxygen atoms in total. The number of nitrogens with one attached hydrogen (secondary N) is 2. The van der Waals surface area contributed by atoms with Crippen LogP contribution in [0.25, 0.3) is 0 Å². The molecule has 1 saturated carbocycles. The Bertz CT molecular complexity index is 265. The Kier molecular flexibility index (Phi) is 4.08. The standard InChI is InChI=1S/C14H26N2O/c1-11(12-5-3-4-6-12)16-13(17)14(2)7-9-15-10-8-14/h11-12,15H,3-10H2,1-2H3,(H,16,17)/t11-/m0/s1. The van der Waals surface area contributed by atoms with Gasteiger partial charge in [0.15, 0.2) is 0 Å². The molecule has 0 spiro atoms. The molecule has 2 fully saturated rings. The second-order valence-corrected chi connectivity index (χ2v) is 6.12. The molecule has 98 valence electrons. The van der Waals surface area contributed by atoms with Crippen LogP contribution in [0.3, 0.4) is 0 Å². The van der Waals surface area contributed by atoms with Gasteiger partial charge in [-0.25, -0.2) is 0 Å². The van der Waals surface area contributed by atoms with E-state index >= 15 is 0 Å². The van der Waals surface area contributed by atoms with Crippen molar-refractivity contribution in [2.75, 3.05) is 13.1 Å². The Morgan fingerprint density at radius 3 is 2.47 bits per heavy atom. The fourth-order valence-corrected chi connectivity index (χ4v) is 3.16. The minimum atomic E-state index is -0.141. The predicted octanol–water partition coefficient (Wildman–Crippen LogP) is 2.07. The first-order chi connectivity index (χ1) is 8.12. The summed E-state index contributed by atoms with van der Waals surface area (Å²) >= 11 is 0. The van der Waals surface area contributed by atoms with Gasteiger partial charge >= 0.3 is 0 Å². The highest BCUT2D eigenvalue weighted by Crippen LogP contribution is 2.31. The third-order valence-electron chi connectivity index (χ3n) is 4.72. The highest BCUT2D eigenvalue weighted by molar-refractivity contribution is 5.82. The Morgan fingerprint density at radius 1 is 1.29 bits per heavy atom. The lowest BCUT2D eigenvalue weighted by Gasteiger charge is -2.34. The van der Waals surface area contributed by atoms with E-state index in [1.54, 1.807) is 0 Å². The average Bonchev–Trinajstić information content (AvgIpc) is 2.83. The molecule has 0 aromatic heterocycles. The monoisotopic (exact) mass is 238 g/mol. The minimum absolute atomic E-state index is 0.141. The minimum Gasteiger partial charge on any atom is -0.353 e. The maximum absolute atomic E-state index is 12.3. The molecule has 1 aliphatic carbocycles. The van der Waals surface area contributed by atoms with Gasteiger partial charge in [-0.3, -0.25) is 4.79 Å².